The zero-order valence-electron chi connectivity index (χ0n) is 13.9. The minimum Gasteiger partial charge on any atom is -0.504 e. The van der Waals surface area contributed by atoms with Crippen LogP contribution in [0.1, 0.15) is 31.2 Å². The normalized spacial score (nSPS) is 27.4. The van der Waals surface area contributed by atoms with Crippen molar-refractivity contribution in [3.63, 3.8) is 0 Å². The Bertz CT molecular complexity index is 680. The fraction of sp³-hybridized carbons (Fsp3) is 0.556. The molecular weight excluding hydrogens is 292 g/mol. The predicted molar refractivity (Wildman–Crippen MR) is 87.4 cm³/mol. The van der Waals surface area contributed by atoms with E-state index in [9.17, 15) is 4.79 Å². The Labute approximate surface area is 137 Å². The van der Waals surface area contributed by atoms with E-state index in [-0.39, 0.29) is 11.5 Å². The Morgan fingerprint density at radius 2 is 2.09 bits per heavy atom. The first kappa shape index (κ1) is 15.8. The van der Waals surface area contributed by atoms with E-state index in [2.05, 4.69) is 16.8 Å². The fourth-order valence-electron chi connectivity index (χ4n) is 4.24. The molecule has 0 aromatic heterocycles. The number of likely N-dealkylation sites (N-methyl/N-ethyl adjacent to an activating group) is 1. The fourth-order valence-corrected chi connectivity index (χ4v) is 4.24. The summed E-state index contributed by atoms with van der Waals surface area (Å²) in [6, 6.07) is 4.13. The first-order valence-electron chi connectivity index (χ1n) is 7.91. The molecule has 0 N–H and O–H groups in total. The van der Waals surface area contributed by atoms with Crippen LogP contribution < -0.4 is 9.47 Å². The zero-order chi connectivity index (χ0) is 16.6. The molecule has 0 bridgehead atoms. The molecule has 1 aromatic rings. The number of ether oxygens (including phenoxy) is 2. The quantitative estimate of drug-likeness (QED) is 0.805. The molecular formula is C18H22N2O3. The minimum absolute atomic E-state index is 0.0678. The van der Waals surface area contributed by atoms with Gasteiger partial charge in [-0.3, -0.25) is 4.79 Å². The molecule has 3 rings (SSSR count). The topological polar surface area (TPSA) is 43.1 Å². The molecule has 2 fully saturated rings. The van der Waals surface area contributed by atoms with E-state index in [1.54, 1.807) is 14.2 Å². The number of hydrogen-bond acceptors (Lipinski definition) is 4. The highest BCUT2D eigenvalue weighted by Crippen LogP contribution is 2.51. The van der Waals surface area contributed by atoms with Crippen LogP contribution in [-0.4, -0.2) is 44.5 Å². The smallest absolute Gasteiger partial charge is 0.232 e. The number of methoxy groups -OCH3 is 2. The average Bonchev–Trinajstić information content (AvgIpc) is 2.91. The average molecular weight is 314 g/mol. The van der Waals surface area contributed by atoms with Gasteiger partial charge in [0.15, 0.2) is 5.75 Å². The van der Waals surface area contributed by atoms with Crippen molar-refractivity contribution in [3.05, 3.63) is 29.1 Å². The van der Waals surface area contributed by atoms with Gasteiger partial charge in [-0.1, -0.05) is 0 Å². The second-order valence-corrected chi connectivity index (χ2v) is 6.49. The Hall–Kier alpha value is -2.06. The maximum Gasteiger partial charge on any atom is 0.232 e. The number of ketones is 1. The molecule has 1 heterocycles. The number of Topliss-reactive ketones (excluding diaryl/α,β-unsaturated/α-hetero) is 1. The van der Waals surface area contributed by atoms with Crippen molar-refractivity contribution in [2.45, 2.75) is 37.1 Å². The summed E-state index contributed by atoms with van der Waals surface area (Å²) < 4.78 is 10.8. The van der Waals surface area contributed by atoms with Crippen molar-refractivity contribution in [2.75, 3.05) is 27.8 Å². The van der Waals surface area contributed by atoms with Crippen molar-refractivity contribution in [2.24, 2.45) is 0 Å². The van der Waals surface area contributed by atoms with E-state index >= 15 is 0 Å². The highest BCUT2D eigenvalue weighted by atomic mass is 16.5. The first-order chi connectivity index (χ1) is 11.1. The van der Waals surface area contributed by atoms with Gasteiger partial charge in [0, 0.05) is 24.3 Å². The highest BCUT2D eigenvalue weighted by Gasteiger charge is 2.50. The van der Waals surface area contributed by atoms with Crippen molar-refractivity contribution in [1.29, 1.82) is 0 Å². The van der Waals surface area contributed by atoms with Crippen LogP contribution in [0.5, 0.6) is 11.5 Å². The molecule has 1 aromatic carbocycles. The molecule has 5 heteroatoms. The molecule has 122 valence electrons. The van der Waals surface area contributed by atoms with E-state index in [0.717, 1.165) is 24.9 Å². The molecule has 23 heavy (non-hydrogen) atoms. The largest absolute Gasteiger partial charge is 0.504 e. The molecule has 1 aliphatic heterocycles. The standard InChI is InChI=1S/C18H22N2O3/c1-19-14-9-12(10-15(22-3)17(14)23-4)18-6-5-13(21)11-16(18)20(2)8-7-18/h9-10,16H,5-8,11H2,2-4H3/t16-,18-/m0/s1. The lowest BCUT2D eigenvalue weighted by atomic mass is 9.66. The van der Waals surface area contributed by atoms with Crippen LogP contribution in [0.2, 0.25) is 0 Å². The summed E-state index contributed by atoms with van der Waals surface area (Å²) in [5.74, 6) is 1.42. The van der Waals surface area contributed by atoms with Gasteiger partial charge >= 0.3 is 0 Å². The van der Waals surface area contributed by atoms with Gasteiger partial charge in [-0.15, -0.1) is 0 Å². The van der Waals surface area contributed by atoms with Crippen LogP contribution in [-0.2, 0) is 10.2 Å². The number of hydrogen-bond donors (Lipinski definition) is 0. The maximum atomic E-state index is 12.0. The summed E-state index contributed by atoms with van der Waals surface area (Å²) in [4.78, 5) is 17.8. The van der Waals surface area contributed by atoms with Gasteiger partial charge in [0.05, 0.1) is 20.8 Å². The van der Waals surface area contributed by atoms with Gasteiger partial charge in [0.1, 0.15) is 11.5 Å². The monoisotopic (exact) mass is 314 g/mol. The van der Waals surface area contributed by atoms with Gasteiger partial charge in [0.2, 0.25) is 5.69 Å². The molecule has 1 saturated carbocycles. The van der Waals surface area contributed by atoms with Gasteiger partial charge < -0.3 is 14.4 Å². The molecule has 0 unspecified atom stereocenters. The van der Waals surface area contributed by atoms with Gasteiger partial charge in [-0.05, 0) is 44.1 Å². The number of benzene rings is 1. The third kappa shape index (κ3) is 2.38. The summed E-state index contributed by atoms with van der Waals surface area (Å²) in [7, 11) is 5.23. The van der Waals surface area contributed by atoms with E-state index < -0.39 is 0 Å². The molecule has 0 amide bonds. The van der Waals surface area contributed by atoms with Gasteiger partial charge in [0.25, 0.3) is 0 Å². The van der Waals surface area contributed by atoms with Crippen LogP contribution in [0, 0.1) is 6.57 Å². The Morgan fingerprint density at radius 3 is 2.74 bits per heavy atom. The number of fused-ring (bicyclic) bond motifs is 1. The molecule has 5 nitrogen and oxygen atoms in total. The summed E-state index contributed by atoms with van der Waals surface area (Å²) >= 11 is 0. The Balaban J connectivity index is 2.13. The SMILES string of the molecule is [C-]#[N+]c1cc([C@@]23CCC(=O)C[C@@H]2N(C)CC3)cc(OC)c1OC. The van der Waals surface area contributed by atoms with Crippen molar-refractivity contribution < 1.29 is 14.3 Å². The third-order valence-corrected chi connectivity index (χ3v) is 5.51. The lowest BCUT2D eigenvalue weighted by Crippen LogP contribution is -2.46. The van der Waals surface area contributed by atoms with Gasteiger partial charge in [-0.25, -0.2) is 4.85 Å². The molecule has 0 radical (unpaired) electrons. The summed E-state index contributed by atoms with van der Waals surface area (Å²) in [5, 5.41) is 0. The number of nitrogens with zero attached hydrogens (tertiary/aromatic N) is 2. The number of likely N-dealkylation sites (tertiary alicyclic amines) is 1. The van der Waals surface area contributed by atoms with Crippen LogP contribution in [0.15, 0.2) is 12.1 Å². The second-order valence-electron chi connectivity index (χ2n) is 6.49. The van der Waals surface area contributed by atoms with Crippen molar-refractivity contribution in [1.82, 2.24) is 4.90 Å². The number of rotatable bonds is 3. The lowest BCUT2D eigenvalue weighted by molar-refractivity contribution is -0.122. The van der Waals surface area contributed by atoms with Crippen LogP contribution in [0.4, 0.5) is 5.69 Å². The minimum atomic E-state index is -0.0678. The summed E-state index contributed by atoms with van der Waals surface area (Å²) in [6.45, 7) is 8.43. The van der Waals surface area contributed by atoms with Crippen molar-refractivity contribution >= 4 is 11.5 Å². The molecule has 1 saturated heterocycles. The van der Waals surface area contributed by atoms with Crippen LogP contribution in [0.3, 0.4) is 0 Å². The molecule has 2 aliphatic rings. The Kier molecular flexibility index (Phi) is 4.03. The number of carbonyl (C=O) groups excluding carboxylic acids is 1. The second kappa shape index (κ2) is 5.86. The van der Waals surface area contributed by atoms with E-state index in [4.69, 9.17) is 16.0 Å². The zero-order valence-corrected chi connectivity index (χ0v) is 13.9. The summed E-state index contributed by atoms with van der Waals surface area (Å²) in [6.07, 6.45) is 3.06. The summed E-state index contributed by atoms with van der Waals surface area (Å²) in [5.41, 5.74) is 1.51. The molecule has 1 aliphatic carbocycles. The lowest BCUT2D eigenvalue weighted by Gasteiger charge is -2.41. The maximum absolute atomic E-state index is 12.0. The van der Waals surface area contributed by atoms with E-state index in [1.165, 1.54) is 0 Å². The molecule has 0 spiro atoms. The number of carbonyl (C=O) groups is 1. The predicted octanol–water partition coefficient (Wildman–Crippen LogP) is 2.95. The first-order valence-corrected chi connectivity index (χ1v) is 7.91. The third-order valence-electron chi connectivity index (χ3n) is 5.51. The molecule has 2 atom stereocenters. The van der Waals surface area contributed by atoms with E-state index in [0.29, 0.717) is 35.8 Å². The van der Waals surface area contributed by atoms with Crippen molar-refractivity contribution in [3.8, 4) is 11.5 Å². The highest BCUT2D eigenvalue weighted by molar-refractivity contribution is 5.81. The Morgan fingerprint density at radius 1 is 1.30 bits per heavy atom. The van der Waals surface area contributed by atoms with E-state index in [1.807, 2.05) is 12.1 Å². The van der Waals surface area contributed by atoms with Crippen LogP contribution >= 0.6 is 0 Å². The van der Waals surface area contributed by atoms with Crippen LogP contribution in [0.25, 0.3) is 4.85 Å². The van der Waals surface area contributed by atoms with Gasteiger partial charge in [-0.2, -0.15) is 0 Å².